The minimum atomic E-state index is -3.46. The molecule has 5 nitrogen and oxygen atoms in total. The highest BCUT2D eigenvalue weighted by Crippen LogP contribution is 2.22. The van der Waals surface area contributed by atoms with Crippen LogP contribution in [0.5, 0.6) is 0 Å². The van der Waals surface area contributed by atoms with E-state index in [-0.39, 0.29) is 6.04 Å². The van der Waals surface area contributed by atoms with E-state index in [1.54, 1.807) is 18.2 Å². The van der Waals surface area contributed by atoms with E-state index in [1.807, 2.05) is 19.9 Å². The van der Waals surface area contributed by atoms with E-state index in [9.17, 15) is 8.42 Å². The highest BCUT2D eigenvalue weighted by molar-refractivity contribution is 7.89. The van der Waals surface area contributed by atoms with Crippen molar-refractivity contribution >= 4 is 15.7 Å². The molecule has 0 amide bonds. The van der Waals surface area contributed by atoms with Crippen molar-refractivity contribution in [3.8, 4) is 0 Å². The quantitative estimate of drug-likeness (QED) is 0.650. The maximum atomic E-state index is 12.2. The summed E-state index contributed by atoms with van der Waals surface area (Å²) in [6, 6.07) is 7.16. The van der Waals surface area contributed by atoms with Crippen molar-refractivity contribution in [2.45, 2.75) is 44.0 Å². The van der Waals surface area contributed by atoms with Gasteiger partial charge in [-0.3, -0.25) is 0 Å². The zero-order valence-corrected chi connectivity index (χ0v) is 13.0. The lowest BCUT2D eigenvalue weighted by atomic mass is 10.1. The zero-order valence-electron chi connectivity index (χ0n) is 12.2. The van der Waals surface area contributed by atoms with Crippen molar-refractivity contribution in [1.29, 1.82) is 0 Å². The molecule has 0 aliphatic heterocycles. The van der Waals surface area contributed by atoms with E-state index < -0.39 is 10.0 Å². The van der Waals surface area contributed by atoms with E-state index in [2.05, 4.69) is 10.0 Å². The number of sulfonamides is 1. The van der Waals surface area contributed by atoms with Gasteiger partial charge in [0.1, 0.15) is 4.90 Å². The van der Waals surface area contributed by atoms with Gasteiger partial charge in [-0.1, -0.05) is 19.1 Å². The second-order valence-corrected chi connectivity index (χ2v) is 6.61. The van der Waals surface area contributed by atoms with E-state index in [0.717, 1.165) is 19.3 Å². The Hall–Kier alpha value is -1.11. The fraction of sp³-hybridized carbons (Fsp3) is 0.571. The van der Waals surface area contributed by atoms with Gasteiger partial charge in [0.15, 0.2) is 0 Å². The summed E-state index contributed by atoms with van der Waals surface area (Å²) in [5.41, 5.74) is 6.13. The van der Waals surface area contributed by atoms with Gasteiger partial charge in [0, 0.05) is 12.6 Å². The topological polar surface area (TPSA) is 84.2 Å². The van der Waals surface area contributed by atoms with Crippen molar-refractivity contribution in [2.24, 2.45) is 5.73 Å². The van der Waals surface area contributed by atoms with Gasteiger partial charge < -0.3 is 11.1 Å². The highest BCUT2D eigenvalue weighted by atomic mass is 32.2. The van der Waals surface area contributed by atoms with Crippen LogP contribution in [0.25, 0.3) is 0 Å². The molecule has 0 radical (unpaired) electrons. The van der Waals surface area contributed by atoms with Gasteiger partial charge in [0.05, 0.1) is 5.69 Å². The van der Waals surface area contributed by atoms with Crippen molar-refractivity contribution < 1.29 is 8.42 Å². The third-order valence-electron chi connectivity index (χ3n) is 2.96. The average molecular weight is 299 g/mol. The summed E-state index contributed by atoms with van der Waals surface area (Å²) in [5, 5.41) is 3.25. The number of anilines is 1. The van der Waals surface area contributed by atoms with Crippen LogP contribution < -0.4 is 15.8 Å². The van der Waals surface area contributed by atoms with Crippen molar-refractivity contribution in [2.75, 3.05) is 18.4 Å². The van der Waals surface area contributed by atoms with Crippen LogP contribution in [0.1, 0.15) is 33.1 Å². The number of para-hydroxylation sites is 1. The maximum absolute atomic E-state index is 12.2. The minimum absolute atomic E-state index is 0.182. The first-order chi connectivity index (χ1) is 9.51. The lowest BCUT2D eigenvalue weighted by molar-refractivity contribution is 0.580. The van der Waals surface area contributed by atoms with Crippen LogP contribution in [0.3, 0.4) is 0 Å². The van der Waals surface area contributed by atoms with Crippen LogP contribution in [0.15, 0.2) is 29.2 Å². The van der Waals surface area contributed by atoms with Crippen LogP contribution >= 0.6 is 0 Å². The summed E-state index contributed by atoms with van der Waals surface area (Å²) in [7, 11) is -3.46. The number of nitrogens with two attached hydrogens (primary N) is 1. The van der Waals surface area contributed by atoms with Crippen LogP contribution in [-0.2, 0) is 10.0 Å². The van der Waals surface area contributed by atoms with Gasteiger partial charge in [-0.05, 0) is 44.9 Å². The molecule has 1 aromatic rings. The predicted octanol–water partition coefficient (Wildman–Crippen LogP) is 1.91. The predicted molar refractivity (Wildman–Crippen MR) is 83.3 cm³/mol. The lowest BCUT2D eigenvalue weighted by Crippen LogP contribution is -2.26. The number of hydrogen-bond acceptors (Lipinski definition) is 4. The van der Waals surface area contributed by atoms with Crippen LogP contribution in [0, 0.1) is 0 Å². The third kappa shape index (κ3) is 5.11. The fourth-order valence-electron chi connectivity index (χ4n) is 1.90. The molecule has 1 rings (SSSR count). The molecule has 0 aliphatic rings. The molecule has 0 spiro atoms. The van der Waals surface area contributed by atoms with Crippen molar-refractivity contribution in [3.63, 3.8) is 0 Å². The fourth-order valence-corrected chi connectivity index (χ4v) is 3.20. The molecule has 0 fully saturated rings. The first-order valence-electron chi connectivity index (χ1n) is 7.06. The SMILES string of the molecule is CCCNS(=O)(=O)c1ccccc1NC(C)CCCN. The second-order valence-electron chi connectivity index (χ2n) is 4.87. The molecule has 6 heteroatoms. The Morgan fingerprint density at radius 3 is 2.65 bits per heavy atom. The van der Waals surface area contributed by atoms with Crippen molar-refractivity contribution in [3.05, 3.63) is 24.3 Å². The molecule has 1 unspecified atom stereocenters. The molecule has 0 saturated heterocycles. The number of rotatable bonds is 9. The molecule has 20 heavy (non-hydrogen) atoms. The molecule has 4 N–H and O–H groups in total. The molecule has 0 aromatic heterocycles. The summed E-state index contributed by atoms with van der Waals surface area (Å²) >= 11 is 0. The average Bonchev–Trinajstić information content (AvgIpc) is 2.43. The number of hydrogen-bond donors (Lipinski definition) is 3. The molecular formula is C14H25N3O2S. The standard InChI is InChI=1S/C14H25N3O2S/c1-3-11-16-20(18,19)14-9-5-4-8-13(14)17-12(2)7-6-10-15/h4-5,8-9,12,16-17H,3,6-7,10-11,15H2,1-2H3. The molecule has 1 atom stereocenters. The molecule has 0 saturated carbocycles. The van der Waals surface area contributed by atoms with Crippen molar-refractivity contribution in [1.82, 2.24) is 4.72 Å². The normalized spacial score (nSPS) is 13.2. The number of benzene rings is 1. The Labute approximate surface area is 122 Å². The Kier molecular flexibility index (Phi) is 6.98. The summed E-state index contributed by atoms with van der Waals surface area (Å²) < 4.78 is 27.1. The molecule has 0 aliphatic carbocycles. The molecule has 114 valence electrons. The lowest BCUT2D eigenvalue weighted by Gasteiger charge is -2.18. The minimum Gasteiger partial charge on any atom is -0.381 e. The summed E-state index contributed by atoms with van der Waals surface area (Å²) in [6.45, 7) is 5.05. The maximum Gasteiger partial charge on any atom is 0.242 e. The smallest absolute Gasteiger partial charge is 0.242 e. The molecule has 1 aromatic carbocycles. The van der Waals surface area contributed by atoms with Gasteiger partial charge in [-0.25, -0.2) is 13.1 Å². The Morgan fingerprint density at radius 2 is 2.00 bits per heavy atom. The zero-order chi connectivity index (χ0) is 15.0. The van der Waals surface area contributed by atoms with Gasteiger partial charge in [-0.2, -0.15) is 0 Å². The van der Waals surface area contributed by atoms with E-state index in [0.29, 0.717) is 23.7 Å². The monoisotopic (exact) mass is 299 g/mol. The molecule has 0 bridgehead atoms. The van der Waals surface area contributed by atoms with E-state index >= 15 is 0 Å². The third-order valence-corrected chi connectivity index (χ3v) is 4.48. The highest BCUT2D eigenvalue weighted by Gasteiger charge is 2.18. The first kappa shape index (κ1) is 16.9. The molecule has 0 heterocycles. The largest absolute Gasteiger partial charge is 0.381 e. The van der Waals surface area contributed by atoms with Gasteiger partial charge >= 0.3 is 0 Å². The Balaban J connectivity index is 2.88. The Morgan fingerprint density at radius 1 is 1.30 bits per heavy atom. The summed E-state index contributed by atoms with van der Waals surface area (Å²) in [6.07, 6.45) is 2.59. The summed E-state index contributed by atoms with van der Waals surface area (Å²) in [5.74, 6) is 0. The van der Waals surface area contributed by atoms with E-state index in [4.69, 9.17) is 5.73 Å². The molecular weight excluding hydrogens is 274 g/mol. The Bertz CT molecular complexity index is 503. The second kappa shape index (κ2) is 8.24. The summed E-state index contributed by atoms with van der Waals surface area (Å²) in [4.78, 5) is 0.299. The van der Waals surface area contributed by atoms with Crippen LogP contribution in [0.2, 0.25) is 0 Å². The number of nitrogens with one attached hydrogen (secondary N) is 2. The van der Waals surface area contributed by atoms with Gasteiger partial charge in [0.2, 0.25) is 10.0 Å². The van der Waals surface area contributed by atoms with Gasteiger partial charge in [0.25, 0.3) is 0 Å². The van der Waals surface area contributed by atoms with Crippen LogP contribution in [-0.4, -0.2) is 27.5 Å². The van der Waals surface area contributed by atoms with E-state index in [1.165, 1.54) is 0 Å². The van der Waals surface area contributed by atoms with Crippen LogP contribution in [0.4, 0.5) is 5.69 Å². The first-order valence-corrected chi connectivity index (χ1v) is 8.55. The van der Waals surface area contributed by atoms with Gasteiger partial charge in [-0.15, -0.1) is 0 Å².